The standard InChI is InChI=1S/C19H15NO3/c1-10-2-3-12-8-14-15(9-20-19(14)23)16(17(12)18(10)22)11-4-6-13(21)7-5-11/h2-8,21-22H,9H2,1H3,(H,20,23). The van der Waals surface area contributed by atoms with Gasteiger partial charge in [-0.3, -0.25) is 4.79 Å². The molecule has 1 heterocycles. The Bertz CT molecular complexity index is 959. The fourth-order valence-corrected chi connectivity index (χ4v) is 3.22. The van der Waals surface area contributed by atoms with E-state index in [4.69, 9.17) is 0 Å². The van der Waals surface area contributed by atoms with Crippen molar-refractivity contribution in [1.82, 2.24) is 5.32 Å². The zero-order chi connectivity index (χ0) is 16.1. The highest BCUT2D eigenvalue weighted by molar-refractivity contribution is 6.11. The molecule has 0 fully saturated rings. The molecule has 4 heteroatoms. The van der Waals surface area contributed by atoms with Crippen molar-refractivity contribution in [1.29, 1.82) is 0 Å². The van der Waals surface area contributed by atoms with Crippen molar-refractivity contribution in [2.45, 2.75) is 13.5 Å². The number of carbonyl (C=O) groups is 1. The summed E-state index contributed by atoms with van der Waals surface area (Å²) in [5.74, 6) is 0.315. The van der Waals surface area contributed by atoms with E-state index in [1.54, 1.807) is 24.3 Å². The Morgan fingerprint density at radius 1 is 1.04 bits per heavy atom. The SMILES string of the molecule is Cc1ccc2cc3c(c(-c4ccc(O)cc4)c2c1O)CNC3=O. The number of fused-ring (bicyclic) bond motifs is 2. The third-order valence-electron chi connectivity index (χ3n) is 4.41. The van der Waals surface area contributed by atoms with E-state index in [1.807, 2.05) is 25.1 Å². The first-order valence-electron chi connectivity index (χ1n) is 7.42. The third kappa shape index (κ3) is 1.95. The van der Waals surface area contributed by atoms with Gasteiger partial charge in [0, 0.05) is 17.5 Å². The van der Waals surface area contributed by atoms with E-state index in [1.165, 1.54) is 0 Å². The van der Waals surface area contributed by atoms with Crippen LogP contribution in [0, 0.1) is 6.92 Å². The van der Waals surface area contributed by atoms with Gasteiger partial charge in [-0.15, -0.1) is 0 Å². The Morgan fingerprint density at radius 3 is 2.52 bits per heavy atom. The van der Waals surface area contributed by atoms with Crippen LogP contribution in [0.25, 0.3) is 21.9 Å². The molecule has 0 atom stereocenters. The fraction of sp³-hybridized carbons (Fsp3) is 0.105. The second-order valence-electron chi connectivity index (χ2n) is 5.84. The monoisotopic (exact) mass is 305 g/mol. The summed E-state index contributed by atoms with van der Waals surface area (Å²) in [6, 6.07) is 12.4. The number of aryl methyl sites for hydroxylation is 1. The molecule has 0 spiro atoms. The summed E-state index contributed by atoms with van der Waals surface area (Å²) >= 11 is 0. The Kier molecular flexibility index (Phi) is 2.81. The fourth-order valence-electron chi connectivity index (χ4n) is 3.22. The number of aromatic hydroxyl groups is 2. The van der Waals surface area contributed by atoms with Gasteiger partial charge in [-0.1, -0.05) is 24.3 Å². The maximum absolute atomic E-state index is 12.1. The van der Waals surface area contributed by atoms with Crippen LogP contribution in [0.4, 0.5) is 0 Å². The van der Waals surface area contributed by atoms with Crippen LogP contribution in [0.3, 0.4) is 0 Å². The summed E-state index contributed by atoms with van der Waals surface area (Å²) < 4.78 is 0. The molecule has 0 bridgehead atoms. The van der Waals surface area contributed by atoms with Crippen molar-refractivity contribution < 1.29 is 15.0 Å². The minimum Gasteiger partial charge on any atom is -0.508 e. The largest absolute Gasteiger partial charge is 0.508 e. The number of phenols is 2. The summed E-state index contributed by atoms with van der Waals surface area (Å²) in [6.45, 7) is 2.29. The average Bonchev–Trinajstić information content (AvgIpc) is 2.91. The van der Waals surface area contributed by atoms with Gasteiger partial charge in [0.2, 0.25) is 0 Å². The Morgan fingerprint density at radius 2 is 1.78 bits per heavy atom. The van der Waals surface area contributed by atoms with Crippen molar-refractivity contribution in [2.75, 3.05) is 0 Å². The lowest BCUT2D eigenvalue weighted by Crippen LogP contribution is -2.12. The van der Waals surface area contributed by atoms with Crippen LogP contribution < -0.4 is 5.32 Å². The van der Waals surface area contributed by atoms with Gasteiger partial charge >= 0.3 is 0 Å². The Hall–Kier alpha value is -3.01. The molecule has 4 rings (SSSR count). The van der Waals surface area contributed by atoms with Crippen LogP contribution in [0.1, 0.15) is 21.5 Å². The average molecular weight is 305 g/mol. The van der Waals surface area contributed by atoms with Crippen LogP contribution in [-0.4, -0.2) is 16.1 Å². The normalized spacial score (nSPS) is 13.2. The predicted octanol–water partition coefficient (Wildman–Crippen LogP) is 3.47. The lowest BCUT2D eigenvalue weighted by molar-refractivity contribution is 0.0966. The van der Waals surface area contributed by atoms with E-state index < -0.39 is 0 Å². The molecular formula is C19H15NO3. The zero-order valence-corrected chi connectivity index (χ0v) is 12.6. The number of nitrogens with one attached hydrogen (secondary N) is 1. The van der Waals surface area contributed by atoms with Gasteiger partial charge < -0.3 is 15.5 Å². The van der Waals surface area contributed by atoms with Gasteiger partial charge in [-0.25, -0.2) is 0 Å². The van der Waals surface area contributed by atoms with Crippen LogP contribution in [0.15, 0.2) is 42.5 Å². The van der Waals surface area contributed by atoms with Crippen molar-refractivity contribution in [3.8, 4) is 22.6 Å². The summed E-state index contributed by atoms with van der Waals surface area (Å²) in [7, 11) is 0. The summed E-state index contributed by atoms with van der Waals surface area (Å²) in [5, 5.41) is 24.5. The van der Waals surface area contributed by atoms with Gasteiger partial charge in [-0.2, -0.15) is 0 Å². The van der Waals surface area contributed by atoms with E-state index in [0.717, 1.165) is 33.0 Å². The minimum absolute atomic E-state index is 0.0954. The summed E-state index contributed by atoms with van der Waals surface area (Å²) in [5.41, 5.74) is 4.02. The molecule has 0 radical (unpaired) electrons. The molecule has 1 aliphatic heterocycles. The second kappa shape index (κ2) is 4.74. The van der Waals surface area contributed by atoms with Gasteiger partial charge in [0.15, 0.2) is 0 Å². The van der Waals surface area contributed by atoms with E-state index in [0.29, 0.717) is 12.1 Å². The number of rotatable bonds is 1. The molecule has 0 saturated heterocycles. The maximum Gasteiger partial charge on any atom is 0.251 e. The quantitative estimate of drug-likeness (QED) is 0.645. The first-order chi connectivity index (χ1) is 11.1. The minimum atomic E-state index is -0.0954. The number of hydrogen-bond donors (Lipinski definition) is 3. The third-order valence-corrected chi connectivity index (χ3v) is 4.41. The molecule has 1 aliphatic rings. The molecule has 23 heavy (non-hydrogen) atoms. The number of amides is 1. The molecule has 3 aromatic carbocycles. The van der Waals surface area contributed by atoms with Gasteiger partial charge in [-0.05, 0) is 52.8 Å². The lowest BCUT2D eigenvalue weighted by Gasteiger charge is -2.15. The molecular weight excluding hydrogens is 290 g/mol. The Labute approximate surface area is 133 Å². The van der Waals surface area contributed by atoms with Gasteiger partial charge in [0.1, 0.15) is 11.5 Å². The van der Waals surface area contributed by atoms with Crippen molar-refractivity contribution >= 4 is 16.7 Å². The zero-order valence-electron chi connectivity index (χ0n) is 12.6. The topological polar surface area (TPSA) is 69.6 Å². The highest BCUT2D eigenvalue weighted by Crippen LogP contribution is 2.42. The van der Waals surface area contributed by atoms with Crippen LogP contribution in [0.5, 0.6) is 11.5 Å². The number of carbonyl (C=O) groups excluding carboxylic acids is 1. The van der Waals surface area contributed by atoms with Crippen molar-refractivity contribution in [3.05, 3.63) is 59.2 Å². The molecule has 0 aliphatic carbocycles. The number of hydrogen-bond acceptors (Lipinski definition) is 3. The van der Waals surface area contributed by atoms with Gasteiger partial charge in [0.25, 0.3) is 5.91 Å². The van der Waals surface area contributed by atoms with Crippen molar-refractivity contribution in [2.24, 2.45) is 0 Å². The highest BCUT2D eigenvalue weighted by atomic mass is 16.3. The van der Waals surface area contributed by atoms with Crippen LogP contribution >= 0.6 is 0 Å². The van der Waals surface area contributed by atoms with E-state index >= 15 is 0 Å². The molecule has 1 amide bonds. The van der Waals surface area contributed by atoms with Crippen LogP contribution in [0.2, 0.25) is 0 Å². The lowest BCUT2D eigenvalue weighted by atomic mass is 9.89. The Balaban J connectivity index is 2.17. The molecule has 3 N–H and O–H groups in total. The second-order valence-corrected chi connectivity index (χ2v) is 5.84. The smallest absolute Gasteiger partial charge is 0.251 e. The maximum atomic E-state index is 12.1. The molecule has 0 saturated carbocycles. The first kappa shape index (κ1) is 13.6. The summed E-state index contributed by atoms with van der Waals surface area (Å²) in [4.78, 5) is 12.1. The molecule has 114 valence electrons. The molecule has 4 nitrogen and oxygen atoms in total. The van der Waals surface area contributed by atoms with E-state index in [2.05, 4.69) is 5.32 Å². The molecule has 0 unspecified atom stereocenters. The van der Waals surface area contributed by atoms with Gasteiger partial charge in [0.05, 0.1) is 0 Å². The molecule has 0 aromatic heterocycles. The molecule has 3 aromatic rings. The first-order valence-corrected chi connectivity index (χ1v) is 7.42. The van der Waals surface area contributed by atoms with E-state index in [9.17, 15) is 15.0 Å². The number of benzene rings is 3. The predicted molar refractivity (Wildman–Crippen MR) is 88.6 cm³/mol. The van der Waals surface area contributed by atoms with Crippen LogP contribution in [-0.2, 0) is 6.54 Å². The number of phenolic OH excluding ortho intramolecular Hbond substituents is 2. The highest BCUT2D eigenvalue weighted by Gasteiger charge is 2.26. The van der Waals surface area contributed by atoms with Crippen molar-refractivity contribution in [3.63, 3.8) is 0 Å². The van der Waals surface area contributed by atoms with E-state index in [-0.39, 0.29) is 17.4 Å². The summed E-state index contributed by atoms with van der Waals surface area (Å²) in [6.07, 6.45) is 0.